The summed E-state index contributed by atoms with van der Waals surface area (Å²) in [4.78, 5) is 15.8. The van der Waals surface area contributed by atoms with E-state index in [0.717, 1.165) is 67.8 Å². The fourth-order valence-electron chi connectivity index (χ4n) is 9.33. The molecular formula is C49H44N4O4. The van der Waals surface area contributed by atoms with Crippen LogP contribution >= 0.6 is 0 Å². The van der Waals surface area contributed by atoms with Crippen molar-refractivity contribution in [3.8, 4) is 23.0 Å². The molecule has 57 heavy (non-hydrogen) atoms. The molecule has 0 spiro atoms. The van der Waals surface area contributed by atoms with Gasteiger partial charge in [0.25, 0.3) is 0 Å². The number of aromatic hydroxyl groups is 2. The third-order valence-electron chi connectivity index (χ3n) is 13.2. The maximum Gasteiger partial charge on any atom is 0.230 e. The molecule has 14 bridgehead atoms. The van der Waals surface area contributed by atoms with Crippen LogP contribution in [0.2, 0.25) is 0 Å². The molecule has 0 saturated heterocycles. The minimum atomic E-state index is -0.766. The van der Waals surface area contributed by atoms with Crippen molar-refractivity contribution in [2.45, 2.75) is 49.4 Å². The van der Waals surface area contributed by atoms with Gasteiger partial charge in [-0.25, -0.2) is 0 Å². The molecule has 10 rings (SSSR count). The first-order valence-electron chi connectivity index (χ1n) is 19.4. The number of H-pyrrole nitrogens is 4. The number of hydrogen-bond acceptors (Lipinski definition) is 4. The SMILES string of the molecule is C[C@]1(c2cccc(O)c2)c2ccc([nH]2)[C@@](C)(c2cccc(O)c2)c2ccc([nH]2)[C@@]2(C)c3cccc(c3)OCOc3cccc(c3)[C@@](C)(c3ccc1[nH]3)c1ccc2[nH]1. The molecule has 4 aromatic heterocycles. The van der Waals surface area contributed by atoms with Crippen LogP contribution in [0.4, 0.5) is 0 Å². The molecule has 0 radical (unpaired) electrons. The highest BCUT2D eigenvalue weighted by molar-refractivity contribution is 5.57. The summed E-state index contributed by atoms with van der Waals surface area (Å²) < 4.78 is 12.5. The Morgan fingerprint density at radius 1 is 0.368 bits per heavy atom. The van der Waals surface area contributed by atoms with Crippen LogP contribution in [0.1, 0.15) is 95.5 Å². The summed E-state index contributed by atoms with van der Waals surface area (Å²) in [6.07, 6.45) is 0. The number of aromatic nitrogens is 4. The number of nitrogens with one attached hydrogen (secondary N) is 4. The maximum atomic E-state index is 10.9. The molecule has 284 valence electrons. The third kappa shape index (κ3) is 5.06. The molecule has 4 aromatic carbocycles. The predicted molar refractivity (Wildman–Crippen MR) is 221 cm³/mol. The number of rotatable bonds is 2. The molecule has 8 aromatic rings. The molecule has 4 atom stereocenters. The molecule has 0 fully saturated rings. The van der Waals surface area contributed by atoms with Crippen LogP contribution in [-0.2, 0) is 21.7 Å². The van der Waals surface area contributed by atoms with Gasteiger partial charge in [0.05, 0.1) is 21.7 Å². The van der Waals surface area contributed by atoms with Crippen LogP contribution < -0.4 is 9.47 Å². The number of phenols is 2. The average Bonchev–Trinajstić information content (AvgIpc) is 4.07. The molecule has 6 N–H and O–H groups in total. The van der Waals surface area contributed by atoms with E-state index in [0.29, 0.717) is 11.5 Å². The topological polar surface area (TPSA) is 122 Å². The number of phenolic OH excluding ortho intramolecular Hbond substituents is 2. The minimum absolute atomic E-state index is 0.0467. The largest absolute Gasteiger partial charge is 0.508 e. The summed E-state index contributed by atoms with van der Waals surface area (Å²) in [7, 11) is 0. The highest BCUT2D eigenvalue weighted by Gasteiger charge is 2.44. The van der Waals surface area contributed by atoms with E-state index in [2.05, 4.69) is 133 Å². The second kappa shape index (κ2) is 12.4. The summed E-state index contributed by atoms with van der Waals surface area (Å²) >= 11 is 0. The van der Waals surface area contributed by atoms with Crippen molar-refractivity contribution in [2.75, 3.05) is 6.79 Å². The molecular weight excluding hydrogens is 709 g/mol. The third-order valence-corrected chi connectivity index (χ3v) is 13.2. The number of hydrogen-bond donors (Lipinski definition) is 6. The lowest BCUT2D eigenvalue weighted by Crippen LogP contribution is -2.32. The monoisotopic (exact) mass is 752 g/mol. The van der Waals surface area contributed by atoms with E-state index in [1.807, 2.05) is 48.5 Å². The minimum Gasteiger partial charge on any atom is -0.508 e. The zero-order valence-electron chi connectivity index (χ0n) is 32.3. The van der Waals surface area contributed by atoms with E-state index in [1.165, 1.54) is 0 Å². The number of fused-ring (bicyclic) bond motifs is 14. The van der Waals surface area contributed by atoms with Gasteiger partial charge in [-0.05, 0) is 147 Å². The molecule has 8 heteroatoms. The molecule has 8 nitrogen and oxygen atoms in total. The molecule has 0 aliphatic carbocycles. The first-order chi connectivity index (χ1) is 27.5. The zero-order valence-corrected chi connectivity index (χ0v) is 32.3. The van der Waals surface area contributed by atoms with Crippen LogP contribution in [0.15, 0.2) is 146 Å². The van der Waals surface area contributed by atoms with Crippen molar-refractivity contribution >= 4 is 0 Å². The Hall–Kier alpha value is -6.80. The Labute approximate surface area is 331 Å². The second-order valence-electron chi connectivity index (χ2n) is 16.2. The fourth-order valence-corrected chi connectivity index (χ4v) is 9.33. The Morgan fingerprint density at radius 3 is 0.912 bits per heavy atom. The van der Waals surface area contributed by atoms with Crippen LogP contribution in [0.3, 0.4) is 0 Å². The van der Waals surface area contributed by atoms with Crippen molar-refractivity contribution in [1.29, 1.82) is 0 Å². The Morgan fingerprint density at radius 2 is 0.632 bits per heavy atom. The molecule has 0 saturated carbocycles. The van der Waals surface area contributed by atoms with Gasteiger partial charge >= 0.3 is 0 Å². The van der Waals surface area contributed by atoms with Gasteiger partial charge in [-0.1, -0.05) is 48.5 Å². The van der Waals surface area contributed by atoms with E-state index >= 15 is 0 Å². The van der Waals surface area contributed by atoms with Gasteiger partial charge < -0.3 is 39.6 Å². The summed E-state index contributed by atoms with van der Waals surface area (Å²) in [6.45, 7) is 8.90. The number of benzene rings is 4. The van der Waals surface area contributed by atoms with Gasteiger partial charge in [0.1, 0.15) is 23.0 Å². The predicted octanol–water partition coefficient (Wildman–Crippen LogP) is 9.87. The standard InChI is InChI=1S/C49H44N4O4/c1-46(30-9-5-13-34(54)25-30)38-17-18-39(50-38)47(2,31-10-6-14-35(55)26-31)41-20-22-43(52-41)49(4)33-12-8-16-37(28-33)57-29-56-36-15-7-11-32(27-36)48(3,42-21-19-40(46)51-42)44-23-24-45(49)53-44/h5-28,50-55H,29H2,1-4H3/t46-,47+,48-,49+. The average molecular weight is 753 g/mol. The highest BCUT2D eigenvalue weighted by atomic mass is 16.7. The van der Waals surface area contributed by atoms with Crippen LogP contribution in [0, 0.1) is 0 Å². The van der Waals surface area contributed by atoms with E-state index in [1.54, 1.807) is 12.1 Å². The van der Waals surface area contributed by atoms with Crippen molar-refractivity contribution < 1.29 is 19.7 Å². The Kier molecular flexibility index (Phi) is 7.51. The van der Waals surface area contributed by atoms with E-state index in [9.17, 15) is 10.2 Å². The first kappa shape index (κ1) is 34.7. The maximum absolute atomic E-state index is 10.9. The lowest BCUT2D eigenvalue weighted by atomic mass is 9.76. The molecule has 0 amide bonds. The lowest BCUT2D eigenvalue weighted by molar-refractivity contribution is 0.119. The first-order valence-corrected chi connectivity index (χ1v) is 19.4. The van der Waals surface area contributed by atoms with Crippen molar-refractivity contribution in [1.82, 2.24) is 19.9 Å². The van der Waals surface area contributed by atoms with Crippen molar-refractivity contribution in [2.24, 2.45) is 0 Å². The zero-order chi connectivity index (χ0) is 39.2. The Balaban J connectivity index is 1.32. The van der Waals surface area contributed by atoms with Gasteiger partial charge in [-0.2, -0.15) is 0 Å². The Bertz CT molecular complexity index is 2620. The molecule has 6 heterocycles. The van der Waals surface area contributed by atoms with Crippen molar-refractivity contribution in [3.63, 3.8) is 0 Å². The summed E-state index contributed by atoms with van der Waals surface area (Å²) in [5.74, 6) is 1.79. The molecule has 0 unspecified atom stereocenters. The van der Waals surface area contributed by atoms with Gasteiger partial charge in [0, 0.05) is 45.6 Å². The summed E-state index contributed by atoms with van der Waals surface area (Å²) in [6, 6.07) is 48.8. The smallest absolute Gasteiger partial charge is 0.230 e. The van der Waals surface area contributed by atoms with E-state index in [-0.39, 0.29) is 18.3 Å². The van der Waals surface area contributed by atoms with Crippen LogP contribution in [0.5, 0.6) is 23.0 Å². The van der Waals surface area contributed by atoms with E-state index < -0.39 is 21.7 Å². The van der Waals surface area contributed by atoms with Gasteiger partial charge in [-0.15, -0.1) is 0 Å². The highest BCUT2D eigenvalue weighted by Crippen LogP contribution is 2.48. The number of ether oxygens (including phenoxy) is 2. The quantitative estimate of drug-likeness (QED) is 0.105. The van der Waals surface area contributed by atoms with Gasteiger partial charge in [-0.3, -0.25) is 0 Å². The van der Waals surface area contributed by atoms with Crippen molar-refractivity contribution in [3.05, 3.63) is 213 Å². The second-order valence-corrected chi connectivity index (χ2v) is 16.2. The fraction of sp³-hybridized carbons (Fsp3) is 0.184. The summed E-state index contributed by atoms with van der Waals surface area (Å²) in [5.41, 5.74) is 8.69. The van der Waals surface area contributed by atoms with Gasteiger partial charge in [0.15, 0.2) is 0 Å². The molecule has 2 aliphatic heterocycles. The van der Waals surface area contributed by atoms with Crippen LogP contribution in [0.25, 0.3) is 0 Å². The van der Waals surface area contributed by atoms with Crippen LogP contribution in [-0.4, -0.2) is 36.9 Å². The summed E-state index contributed by atoms with van der Waals surface area (Å²) in [5, 5.41) is 21.7. The van der Waals surface area contributed by atoms with E-state index in [4.69, 9.17) is 9.47 Å². The van der Waals surface area contributed by atoms with Gasteiger partial charge in [0.2, 0.25) is 6.79 Å². The normalized spacial score (nSPS) is 23.7. The molecule has 2 aliphatic rings. The number of aromatic amines is 4. The lowest BCUT2D eigenvalue weighted by Gasteiger charge is -2.34.